The molecule has 9 nitrogen and oxygen atoms in total. The molecule has 0 spiro atoms. The van der Waals surface area contributed by atoms with E-state index in [9.17, 15) is 14.4 Å². The van der Waals surface area contributed by atoms with Crippen molar-refractivity contribution in [1.29, 1.82) is 5.26 Å². The molecule has 6 rings (SSSR count). The molecule has 3 heterocycles. The van der Waals surface area contributed by atoms with Crippen LogP contribution in [0.15, 0.2) is 36.7 Å². The highest BCUT2D eigenvalue weighted by molar-refractivity contribution is 5.85. The lowest BCUT2D eigenvalue weighted by Gasteiger charge is -2.46. The summed E-state index contributed by atoms with van der Waals surface area (Å²) in [7, 11) is 0. The Bertz CT molecular complexity index is 1350. The van der Waals surface area contributed by atoms with E-state index in [1.165, 1.54) is 11.6 Å². The number of nitrogens with zero attached hydrogens (tertiary/aromatic N) is 7. The van der Waals surface area contributed by atoms with Crippen LogP contribution in [0.25, 0.3) is 5.69 Å². The van der Waals surface area contributed by atoms with Gasteiger partial charge in [0.05, 0.1) is 35.9 Å². The number of carbonyl (C=O) groups is 1. The Kier molecular flexibility index (Phi) is 5.74. The van der Waals surface area contributed by atoms with Crippen molar-refractivity contribution in [3.63, 3.8) is 0 Å². The maximum atomic E-state index is 14.0. The summed E-state index contributed by atoms with van der Waals surface area (Å²) in [6.45, 7) is 4.99. The molecule has 3 aromatic rings. The summed E-state index contributed by atoms with van der Waals surface area (Å²) >= 11 is 0. The van der Waals surface area contributed by atoms with Crippen LogP contribution in [0.1, 0.15) is 46.3 Å². The van der Waals surface area contributed by atoms with Gasteiger partial charge in [0.2, 0.25) is 5.91 Å². The quantitative estimate of drug-likeness (QED) is 0.559. The van der Waals surface area contributed by atoms with Gasteiger partial charge in [-0.05, 0) is 70.6 Å². The number of rotatable bonds is 3. The van der Waals surface area contributed by atoms with E-state index in [2.05, 4.69) is 26.5 Å². The Morgan fingerprint density at radius 1 is 1.19 bits per heavy atom. The molecule has 1 amide bonds. The van der Waals surface area contributed by atoms with E-state index in [-0.39, 0.29) is 29.5 Å². The molecule has 3 atom stereocenters. The third-order valence-electron chi connectivity index (χ3n) is 7.84. The fourth-order valence-electron chi connectivity index (χ4n) is 5.86. The van der Waals surface area contributed by atoms with Gasteiger partial charge in [-0.2, -0.15) is 5.26 Å². The number of piperazine rings is 1. The molecule has 2 aromatic carbocycles. The number of fused-ring (bicyclic) bond motifs is 2. The van der Waals surface area contributed by atoms with E-state index in [0.29, 0.717) is 31.8 Å². The fourth-order valence-corrected chi connectivity index (χ4v) is 5.86. The zero-order chi connectivity index (χ0) is 24.8. The molecule has 2 fully saturated rings. The van der Waals surface area contributed by atoms with Crippen LogP contribution in [-0.2, 0) is 16.0 Å². The lowest BCUT2D eigenvalue weighted by atomic mass is 9.95. The second kappa shape index (κ2) is 9.08. The summed E-state index contributed by atoms with van der Waals surface area (Å²) in [5, 5.41) is 20.7. The van der Waals surface area contributed by atoms with Gasteiger partial charge in [-0.25, -0.2) is 9.07 Å². The van der Waals surface area contributed by atoms with Gasteiger partial charge in [0.1, 0.15) is 18.2 Å². The number of tetrazole rings is 1. The highest BCUT2D eigenvalue weighted by Crippen LogP contribution is 2.37. The van der Waals surface area contributed by atoms with Crippen LogP contribution >= 0.6 is 0 Å². The van der Waals surface area contributed by atoms with Crippen LogP contribution in [0.4, 0.5) is 4.39 Å². The molecule has 0 radical (unpaired) electrons. The maximum Gasteiger partial charge on any atom is 0.230 e. The third kappa shape index (κ3) is 3.85. The molecule has 0 bridgehead atoms. The first-order valence-electron chi connectivity index (χ1n) is 12.2. The molecular weight excluding hydrogens is 461 g/mol. The standard InChI is InChI=1S/C26H26FN7O2/c1-16-20(6-7-24(27)23(16)11-28)25-13-32-8-9-33(12-19(32)14-36-25)26(35)22-4-2-17-10-18(3-5-21(17)22)34-15-29-30-31-34/h3,5-7,10,15,19,22,25H,2,4,8-9,12-14H2,1H3/t19-,22?,25-/m0/s1. The lowest BCUT2D eigenvalue weighted by molar-refractivity contribution is -0.141. The molecule has 0 saturated carbocycles. The first kappa shape index (κ1) is 22.8. The van der Waals surface area contributed by atoms with Gasteiger partial charge in [-0.1, -0.05) is 12.1 Å². The van der Waals surface area contributed by atoms with Crippen molar-refractivity contribution in [2.75, 3.05) is 32.8 Å². The number of hydrogen-bond donors (Lipinski definition) is 0. The number of carbonyl (C=O) groups excluding carboxylic acids is 1. The molecule has 1 aromatic heterocycles. The van der Waals surface area contributed by atoms with Crippen LogP contribution in [0.2, 0.25) is 0 Å². The second-order valence-corrected chi connectivity index (χ2v) is 9.73. The molecule has 0 N–H and O–H groups in total. The van der Waals surface area contributed by atoms with E-state index in [1.54, 1.807) is 24.0 Å². The van der Waals surface area contributed by atoms with Crippen molar-refractivity contribution in [3.8, 4) is 11.8 Å². The Hall–Kier alpha value is -3.68. The lowest BCUT2D eigenvalue weighted by Crippen LogP contribution is -2.60. The predicted molar refractivity (Wildman–Crippen MR) is 127 cm³/mol. The van der Waals surface area contributed by atoms with Crippen molar-refractivity contribution in [3.05, 3.63) is 70.3 Å². The van der Waals surface area contributed by atoms with Crippen LogP contribution in [-0.4, -0.2) is 74.7 Å². The molecule has 2 saturated heterocycles. The molecule has 36 heavy (non-hydrogen) atoms. The van der Waals surface area contributed by atoms with E-state index in [4.69, 9.17) is 4.74 Å². The largest absolute Gasteiger partial charge is 0.370 e. The van der Waals surface area contributed by atoms with E-state index >= 15 is 0 Å². The fraction of sp³-hybridized carbons (Fsp3) is 0.423. The van der Waals surface area contributed by atoms with Crippen LogP contribution in [0.3, 0.4) is 0 Å². The topological polar surface area (TPSA) is 100 Å². The van der Waals surface area contributed by atoms with Crippen LogP contribution in [0.5, 0.6) is 0 Å². The minimum absolute atomic E-state index is 0.0792. The first-order chi connectivity index (χ1) is 17.5. The number of amides is 1. The zero-order valence-electron chi connectivity index (χ0n) is 20.0. The molecule has 10 heteroatoms. The van der Waals surface area contributed by atoms with Gasteiger partial charge < -0.3 is 9.64 Å². The SMILES string of the molecule is Cc1c([C@@H]2CN3CCN(C(=O)C4CCc5cc(-n6cnnn6)ccc54)C[C@H]3CO2)ccc(F)c1C#N. The smallest absolute Gasteiger partial charge is 0.230 e. The average molecular weight is 488 g/mol. The van der Waals surface area contributed by atoms with Crippen molar-refractivity contribution in [2.45, 2.75) is 37.8 Å². The van der Waals surface area contributed by atoms with Gasteiger partial charge >= 0.3 is 0 Å². The number of hydrogen-bond acceptors (Lipinski definition) is 7. The Balaban J connectivity index is 1.12. The Morgan fingerprint density at radius 3 is 2.86 bits per heavy atom. The van der Waals surface area contributed by atoms with Gasteiger partial charge in [0.25, 0.3) is 0 Å². The maximum absolute atomic E-state index is 14.0. The van der Waals surface area contributed by atoms with E-state index in [1.807, 2.05) is 23.1 Å². The monoisotopic (exact) mass is 487 g/mol. The van der Waals surface area contributed by atoms with E-state index in [0.717, 1.165) is 36.2 Å². The molecule has 184 valence electrons. The van der Waals surface area contributed by atoms with Crippen LogP contribution < -0.4 is 0 Å². The van der Waals surface area contributed by atoms with Crippen molar-refractivity contribution >= 4 is 5.91 Å². The number of nitriles is 1. The van der Waals surface area contributed by atoms with Crippen molar-refractivity contribution < 1.29 is 13.9 Å². The number of halogens is 1. The van der Waals surface area contributed by atoms with Gasteiger partial charge in [-0.3, -0.25) is 9.69 Å². The third-order valence-corrected chi connectivity index (χ3v) is 7.84. The van der Waals surface area contributed by atoms with Gasteiger partial charge in [0.15, 0.2) is 0 Å². The number of morpholine rings is 1. The summed E-state index contributed by atoms with van der Waals surface area (Å²) in [5.74, 6) is -0.448. The summed E-state index contributed by atoms with van der Waals surface area (Å²) in [5.41, 5.74) is 4.74. The highest BCUT2D eigenvalue weighted by atomic mass is 19.1. The van der Waals surface area contributed by atoms with Crippen LogP contribution in [0, 0.1) is 24.1 Å². The predicted octanol–water partition coefficient (Wildman–Crippen LogP) is 2.30. The molecular formula is C26H26FN7O2. The summed E-state index contributed by atoms with van der Waals surface area (Å²) in [4.78, 5) is 17.9. The minimum Gasteiger partial charge on any atom is -0.370 e. The van der Waals surface area contributed by atoms with E-state index < -0.39 is 5.82 Å². The van der Waals surface area contributed by atoms with Gasteiger partial charge in [-0.15, -0.1) is 5.10 Å². The summed E-state index contributed by atoms with van der Waals surface area (Å²) in [6.07, 6.45) is 3.02. The average Bonchev–Trinajstić information content (AvgIpc) is 3.58. The summed E-state index contributed by atoms with van der Waals surface area (Å²) in [6, 6.07) is 11.2. The van der Waals surface area contributed by atoms with Gasteiger partial charge in [0, 0.05) is 26.2 Å². The molecule has 2 aliphatic heterocycles. The molecule has 3 aliphatic rings. The number of aromatic nitrogens is 4. The Labute approximate surface area is 208 Å². The minimum atomic E-state index is -0.500. The first-order valence-corrected chi connectivity index (χ1v) is 12.2. The zero-order valence-corrected chi connectivity index (χ0v) is 20.0. The van der Waals surface area contributed by atoms with Crippen molar-refractivity contribution in [1.82, 2.24) is 30.0 Å². The number of benzene rings is 2. The van der Waals surface area contributed by atoms with Crippen molar-refractivity contribution in [2.24, 2.45) is 0 Å². The normalized spacial score (nSPS) is 23.7. The Morgan fingerprint density at radius 2 is 2.06 bits per heavy atom. The number of ether oxygens (including phenoxy) is 1. The summed E-state index contributed by atoms with van der Waals surface area (Å²) < 4.78 is 21.8. The highest BCUT2D eigenvalue weighted by Gasteiger charge is 2.39. The second-order valence-electron chi connectivity index (χ2n) is 9.73. The number of aryl methyl sites for hydroxylation is 1. The molecule has 1 unspecified atom stereocenters. The molecule has 1 aliphatic carbocycles.